The molecular weight excluding hydrogens is 705 g/mol. The highest BCUT2D eigenvalue weighted by molar-refractivity contribution is 7.09. The number of likely N-dealkylation sites (N-methyl/N-ethyl adjacent to an activating group) is 1. The maximum absolute atomic E-state index is 14.4. The van der Waals surface area contributed by atoms with Gasteiger partial charge in [-0.1, -0.05) is 70.4 Å². The summed E-state index contributed by atoms with van der Waals surface area (Å²) in [6.07, 6.45) is 7.84. The smallest absolute Gasteiger partial charge is 0.245 e. The van der Waals surface area contributed by atoms with Gasteiger partial charge in [-0.3, -0.25) is 19.2 Å². The molecule has 1 aliphatic carbocycles. The summed E-state index contributed by atoms with van der Waals surface area (Å²) in [5.74, 6) is -1.49. The van der Waals surface area contributed by atoms with Gasteiger partial charge in [-0.2, -0.15) is 0 Å². The Morgan fingerprint density at radius 1 is 1.00 bits per heavy atom. The van der Waals surface area contributed by atoms with Crippen molar-refractivity contribution in [2.45, 2.75) is 134 Å². The second-order valence-electron chi connectivity index (χ2n) is 16.1. The van der Waals surface area contributed by atoms with Crippen LogP contribution in [0.3, 0.4) is 0 Å². The standard InChI is InChI=1S/C41H64N6O6S/c1-26(2)34(45-40(51)41(4,5)42)39(50)46(6)35(29-18-13-10-14-19-29)32(52-7)25-33(48)47-22-15-20-31(47)36(53-8)27(3)37(49)44-30(38-43-21-23-54-38)24-28-16-11-9-12-17-28/h9,11-12,16-17,21,23,26-27,29-32,34-36H,10,13-15,18-20,22,24-25,42H2,1-8H3,(H,44,49)(H,45,51)/t27-,30+,31+,32-,34+,35+,36-/m1/s1. The molecule has 1 aromatic carbocycles. The van der Waals surface area contributed by atoms with Crippen LogP contribution in [0.4, 0.5) is 0 Å². The number of methoxy groups -OCH3 is 2. The molecule has 1 saturated heterocycles. The highest BCUT2D eigenvalue weighted by Crippen LogP contribution is 2.34. The topological polar surface area (TPSA) is 156 Å². The minimum atomic E-state index is -1.15. The second-order valence-corrected chi connectivity index (χ2v) is 17.1. The highest BCUT2D eigenvalue weighted by atomic mass is 32.1. The average molecular weight is 769 g/mol. The van der Waals surface area contributed by atoms with E-state index in [4.69, 9.17) is 15.2 Å². The van der Waals surface area contributed by atoms with Crippen LogP contribution in [0.5, 0.6) is 0 Å². The van der Waals surface area contributed by atoms with Crippen LogP contribution in [0.1, 0.15) is 103 Å². The van der Waals surface area contributed by atoms with Gasteiger partial charge in [0.05, 0.1) is 48.2 Å². The van der Waals surface area contributed by atoms with E-state index < -0.39 is 35.6 Å². The van der Waals surface area contributed by atoms with Crippen molar-refractivity contribution in [2.75, 3.05) is 27.8 Å². The fraction of sp³-hybridized carbons (Fsp3) is 0.683. The molecule has 4 amide bonds. The number of aromatic nitrogens is 1. The Morgan fingerprint density at radius 2 is 1.69 bits per heavy atom. The SMILES string of the molecule is CO[C@H]([C@@H](C)C(=O)N[C@@H](Cc1ccccc1)c1nccs1)[C@@H]1CCCN1C(=O)C[C@@H](OC)[C@H](C1CCCCC1)N(C)C(=O)[C@@H](NC(=O)C(C)(C)N)C(C)C. The van der Waals surface area contributed by atoms with Crippen LogP contribution in [-0.4, -0.2) is 102 Å². The molecule has 54 heavy (non-hydrogen) atoms. The lowest BCUT2D eigenvalue weighted by Crippen LogP contribution is -2.61. The van der Waals surface area contributed by atoms with E-state index in [2.05, 4.69) is 15.6 Å². The van der Waals surface area contributed by atoms with E-state index in [1.54, 1.807) is 46.2 Å². The van der Waals surface area contributed by atoms with Crippen molar-refractivity contribution in [3.05, 3.63) is 52.5 Å². The normalized spacial score (nSPS) is 20.1. The average Bonchev–Trinajstić information content (AvgIpc) is 3.87. The van der Waals surface area contributed by atoms with E-state index in [9.17, 15) is 19.2 Å². The van der Waals surface area contributed by atoms with Gasteiger partial charge in [0.15, 0.2) is 0 Å². The van der Waals surface area contributed by atoms with Gasteiger partial charge in [0, 0.05) is 39.4 Å². The summed E-state index contributed by atoms with van der Waals surface area (Å²) < 4.78 is 12.2. The monoisotopic (exact) mass is 768 g/mol. The number of thiazole rings is 1. The molecular formula is C41H64N6O6S. The minimum Gasteiger partial charge on any atom is -0.379 e. The predicted octanol–water partition coefficient (Wildman–Crippen LogP) is 4.88. The first-order valence-electron chi connectivity index (χ1n) is 19.6. The van der Waals surface area contributed by atoms with Crippen LogP contribution >= 0.6 is 11.3 Å². The Bertz CT molecular complexity index is 1490. The highest BCUT2D eigenvalue weighted by Gasteiger charge is 2.44. The summed E-state index contributed by atoms with van der Waals surface area (Å²) in [5, 5.41) is 8.87. The van der Waals surface area contributed by atoms with Crippen LogP contribution in [0.25, 0.3) is 0 Å². The molecule has 1 saturated carbocycles. The third-order valence-corrected chi connectivity index (χ3v) is 12.2. The minimum absolute atomic E-state index is 0.0700. The lowest BCUT2D eigenvalue weighted by atomic mass is 9.80. The van der Waals surface area contributed by atoms with Gasteiger partial charge in [0.25, 0.3) is 0 Å². The van der Waals surface area contributed by atoms with Crippen molar-refractivity contribution in [3.63, 3.8) is 0 Å². The second kappa shape index (κ2) is 20.0. The Hall–Kier alpha value is -3.39. The number of likely N-dealkylation sites (tertiary alicyclic amines) is 1. The van der Waals surface area contributed by atoms with Gasteiger partial charge >= 0.3 is 0 Å². The van der Waals surface area contributed by atoms with Gasteiger partial charge in [0.1, 0.15) is 11.0 Å². The van der Waals surface area contributed by atoms with Crippen molar-refractivity contribution >= 4 is 35.0 Å². The fourth-order valence-corrected chi connectivity index (χ4v) is 8.92. The number of nitrogens with one attached hydrogen (secondary N) is 2. The zero-order chi connectivity index (χ0) is 39.6. The molecule has 4 rings (SSSR count). The number of ether oxygens (including phenoxy) is 2. The maximum atomic E-state index is 14.4. The van der Waals surface area contributed by atoms with E-state index >= 15 is 0 Å². The zero-order valence-corrected chi connectivity index (χ0v) is 34.4. The number of nitrogens with zero attached hydrogens (tertiary/aromatic N) is 3. The fourth-order valence-electron chi connectivity index (χ4n) is 8.23. The number of carbonyl (C=O) groups excluding carboxylic acids is 4. The molecule has 2 heterocycles. The summed E-state index contributed by atoms with van der Waals surface area (Å²) in [4.78, 5) is 63.5. The Kier molecular flexibility index (Phi) is 16.0. The van der Waals surface area contributed by atoms with Crippen molar-refractivity contribution < 1.29 is 28.7 Å². The first-order chi connectivity index (χ1) is 25.7. The molecule has 12 nitrogen and oxygen atoms in total. The Morgan fingerprint density at radius 3 is 2.26 bits per heavy atom. The third-order valence-electron chi connectivity index (χ3n) is 11.3. The number of amides is 4. The Labute approximate surface area is 326 Å². The summed E-state index contributed by atoms with van der Waals surface area (Å²) in [7, 11) is 4.97. The number of benzene rings is 1. The molecule has 13 heteroatoms. The molecule has 2 aromatic rings. The molecule has 0 spiro atoms. The molecule has 0 radical (unpaired) electrons. The molecule has 1 aliphatic heterocycles. The largest absolute Gasteiger partial charge is 0.379 e. The number of nitrogens with two attached hydrogens (primary N) is 1. The summed E-state index contributed by atoms with van der Waals surface area (Å²) in [5.41, 5.74) is 6.03. The first kappa shape index (κ1) is 43.3. The van der Waals surface area contributed by atoms with Crippen LogP contribution in [0.15, 0.2) is 41.9 Å². The van der Waals surface area contributed by atoms with E-state index in [1.807, 2.05) is 61.4 Å². The van der Waals surface area contributed by atoms with Gasteiger partial charge < -0.3 is 35.6 Å². The van der Waals surface area contributed by atoms with Crippen molar-refractivity contribution in [1.82, 2.24) is 25.4 Å². The van der Waals surface area contributed by atoms with E-state index in [-0.39, 0.29) is 54.1 Å². The zero-order valence-electron chi connectivity index (χ0n) is 33.6. The number of hydrogen-bond acceptors (Lipinski definition) is 9. The van der Waals surface area contributed by atoms with Crippen molar-refractivity contribution in [2.24, 2.45) is 23.5 Å². The van der Waals surface area contributed by atoms with E-state index in [0.29, 0.717) is 19.4 Å². The van der Waals surface area contributed by atoms with E-state index in [0.717, 1.165) is 49.1 Å². The lowest BCUT2D eigenvalue weighted by molar-refractivity contribution is -0.148. The van der Waals surface area contributed by atoms with Crippen LogP contribution in [0.2, 0.25) is 0 Å². The number of rotatable bonds is 18. The van der Waals surface area contributed by atoms with Gasteiger partial charge in [-0.05, 0) is 63.4 Å². The quantitative estimate of drug-likeness (QED) is 0.194. The summed E-state index contributed by atoms with van der Waals surface area (Å²) >= 11 is 1.51. The van der Waals surface area contributed by atoms with Crippen molar-refractivity contribution in [1.29, 1.82) is 0 Å². The molecule has 2 aliphatic rings. The first-order valence-corrected chi connectivity index (χ1v) is 20.5. The van der Waals surface area contributed by atoms with Crippen molar-refractivity contribution in [3.8, 4) is 0 Å². The van der Waals surface area contributed by atoms with Crippen LogP contribution in [-0.2, 0) is 35.1 Å². The third kappa shape index (κ3) is 11.1. The molecule has 4 N–H and O–H groups in total. The summed E-state index contributed by atoms with van der Waals surface area (Å²) in [6.45, 7) is 9.43. The number of carbonyl (C=O) groups is 4. The van der Waals surface area contributed by atoms with Gasteiger partial charge in [0.2, 0.25) is 23.6 Å². The molecule has 1 aromatic heterocycles. The van der Waals surface area contributed by atoms with Gasteiger partial charge in [-0.25, -0.2) is 4.98 Å². The van der Waals surface area contributed by atoms with E-state index in [1.165, 1.54) is 11.3 Å². The molecule has 300 valence electrons. The molecule has 2 fully saturated rings. The predicted molar refractivity (Wildman–Crippen MR) is 211 cm³/mol. The molecule has 0 unspecified atom stereocenters. The van der Waals surface area contributed by atoms with Gasteiger partial charge in [-0.15, -0.1) is 11.3 Å². The van der Waals surface area contributed by atoms with Crippen LogP contribution in [0, 0.1) is 17.8 Å². The van der Waals surface area contributed by atoms with Crippen LogP contribution < -0.4 is 16.4 Å². The molecule has 0 bridgehead atoms. The number of hydrogen-bond donors (Lipinski definition) is 3. The maximum Gasteiger partial charge on any atom is 0.245 e. The molecule has 7 atom stereocenters. The Balaban J connectivity index is 1.51. The lowest BCUT2D eigenvalue weighted by Gasteiger charge is -2.43. The summed E-state index contributed by atoms with van der Waals surface area (Å²) in [6, 6.07) is 8.25.